The summed E-state index contributed by atoms with van der Waals surface area (Å²) < 4.78 is 0. The summed E-state index contributed by atoms with van der Waals surface area (Å²) >= 11 is 0. The van der Waals surface area contributed by atoms with Crippen LogP contribution in [0.1, 0.15) is 15.9 Å². The van der Waals surface area contributed by atoms with Crippen LogP contribution in [-0.4, -0.2) is 15.8 Å². The average molecular weight is 284 g/mol. The number of carbonyl (C=O) groups is 1. The second kappa shape index (κ2) is 5.66. The Morgan fingerprint density at radius 2 is 2.10 bits per heavy atom. The molecule has 2 aromatic rings. The number of benzene rings is 1. The third-order valence-corrected chi connectivity index (χ3v) is 2.62. The molecule has 0 saturated heterocycles. The Morgan fingerprint density at radius 3 is 2.71 bits per heavy atom. The largest absolute Gasteiger partial charge is 0.329 e. The van der Waals surface area contributed by atoms with Gasteiger partial charge in [-0.15, -0.1) is 0 Å². The number of H-pyrrole nitrogens is 1. The minimum atomic E-state index is -0.636. The molecular formula is C13H8N4O4. The Balaban J connectivity index is 2.32. The van der Waals surface area contributed by atoms with Gasteiger partial charge in [0, 0.05) is 30.0 Å². The van der Waals surface area contributed by atoms with Gasteiger partial charge in [-0.25, -0.2) is 0 Å². The monoisotopic (exact) mass is 284 g/mol. The molecule has 0 radical (unpaired) electrons. The highest BCUT2D eigenvalue weighted by Crippen LogP contribution is 2.21. The highest BCUT2D eigenvalue weighted by Gasteiger charge is 2.13. The molecule has 0 saturated carbocycles. The lowest BCUT2D eigenvalue weighted by atomic mass is 10.1. The first-order chi connectivity index (χ1) is 10.0. The summed E-state index contributed by atoms with van der Waals surface area (Å²) in [7, 11) is 0. The van der Waals surface area contributed by atoms with Gasteiger partial charge >= 0.3 is 0 Å². The number of nitriles is 1. The molecule has 104 valence electrons. The molecule has 0 spiro atoms. The van der Waals surface area contributed by atoms with Crippen molar-refractivity contribution in [1.29, 1.82) is 5.26 Å². The summed E-state index contributed by atoms with van der Waals surface area (Å²) in [5.41, 5.74) is -0.482. The molecule has 1 amide bonds. The van der Waals surface area contributed by atoms with E-state index in [1.807, 2.05) is 0 Å². The van der Waals surface area contributed by atoms with E-state index >= 15 is 0 Å². The van der Waals surface area contributed by atoms with Crippen LogP contribution < -0.4 is 10.9 Å². The van der Waals surface area contributed by atoms with E-state index in [2.05, 4.69) is 10.3 Å². The van der Waals surface area contributed by atoms with Crippen molar-refractivity contribution in [3.63, 3.8) is 0 Å². The van der Waals surface area contributed by atoms with Gasteiger partial charge in [-0.05, 0) is 12.1 Å². The van der Waals surface area contributed by atoms with Gasteiger partial charge in [0.15, 0.2) is 0 Å². The van der Waals surface area contributed by atoms with Crippen molar-refractivity contribution in [2.24, 2.45) is 0 Å². The minimum absolute atomic E-state index is 0.0395. The first-order valence-corrected chi connectivity index (χ1v) is 5.70. The van der Waals surface area contributed by atoms with E-state index in [0.29, 0.717) is 0 Å². The molecule has 21 heavy (non-hydrogen) atoms. The normalized spacial score (nSPS) is 9.67. The Labute approximate surface area is 117 Å². The number of nitro groups is 1. The van der Waals surface area contributed by atoms with Crippen LogP contribution in [0.4, 0.5) is 11.4 Å². The molecule has 8 nitrogen and oxygen atoms in total. The molecule has 2 N–H and O–H groups in total. The van der Waals surface area contributed by atoms with E-state index in [1.54, 1.807) is 6.07 Å². The van der Waals surface area contributed by atoms with Crippen molar-refractivity contribution < 1.29 is 9.72 Å². The average Bonchev–Trinajstić information content (AvgIpc) is 2.47. The molecule has 0 aliphatic rings. The van der Waals surface area contributed by atoms with Crippen LogP contribution in [0.2, 0.25) is 0 Å². The fourth-order valence-electron chi connectivity index (χ4n) is 1.63. The van der Waals surface area contributed by atoms with Gasteiger partial charge in [-0.1, -0.05) is 0 Å². The Morgan fingerprint density at radius 1 is 1.33 bits per heavy atom. The first kappa shape index (κ1) is 14.0. The maximum atomic E-state index is 11.9. The number of nitrogens with one attached hydrogen (secondary N) is 2. The molecule has 0 bridgehead atoms. The van der Waals surface area contributed by atoms with Crippen molar-refractivity contribution in [3.05, 3.63) is 68.1 Å². The maximum absolute atomic E-state index is 11.9. The number of amides is 1. The summed E-state index contributed by atoms with van der Waals surface area (Å²) in [6, 6.07) is 7.78. The smallest absolute Gasteiger partial charge is 0.270 e. The lowest BCUT2D eigenvalue weighted by Crippen LogP contribution is -2.16. The van der Waals surface area contributed by atoms with Gasteiger partial charge in [0.1, 0.15) is 6.07 Å². The number of aromatic nitrogens is 1. The van der Waals surface area contributed by atoms with Crippen molar-refractivity contribution >= 4 is 17.3 Å². The van der Waals surface area contributed by atoms with Crippen LogP contribution in [0.25, 0.3) is 0 Å². The second-order valence-corrected chi connectivity index (χ2v) is 3.99. The summed E-state index contributed by atoms with van der Waals surface area (Å²) in [4.78, 5) is 35.4. The van der Waals surface area contributed by atoms with E-state index in [-0.39, 0.29) is 22.5 Å². The zero-order valence-corrected chi connectivity index (χ0v) is 10.5. The molecule has 8 heteroatoms. The van der Waals surface area contributed by atoms with Crippen LogP contribution in [0, 0.1) is 21.4 Å². The van der Waals surface area contributed by atoms with Gasteiger partial charge < -0.3 is 10.3 Å². The fraction of sp³-hybridized carbons (Fsp3) is 0. The van der Waals surface area contributed by atoms with E-state index in [4.69, 9.17) is 5.26 Å². The molecule has 1 heterocycles. The van der Waals surface area contributed by atoms with Crippen molar-refractivity contribution in [2.75, 3.05) is 5.32 Å². The molecule has 0 unspecified atom stereocenters. The molecule has 1 aromatic carbocycles. The summed E-state index contributed by atoms with van der Waals surface area (Å²) in [6.45, 7) is 0. The van der Waals surface area contributed by atoms with Gasteiger partial charge in [0.25, 0.3) is 11.6 Å². The van der Waals surface area contributed by atoms with E-state index in [1.165, 1.54) is 24.4 Å². The SMILES string of the molecule is N#Cc1cc([N+](=O)[O-])ccc1NC(=O)c1cc[nH]c(=O)c1. The molecule has 0 atom stereocenters. The predicted molar refractivity (Wildman–Crippen MR) is 72.8 cm³/mol. The Hall–Kier alpha value is -3.47. The maximum Gasteiger partial charge on any atom is 0.270 e. The van der Waals surface area contributed by atoms with Gasteiger partial charge in [0.05, 0.1) is 16.2 Å². The van der Waals surface area contributed by atoms with E-state index < -0.39 is 16.4 Å². The van der Waals surface area contributed by atoms with Crippen LogP contribution in [0.15, 0.2) is 41.3 Å². The van der Waals surface area contributed by atoms with Gasteiger partial charge in [0.2, 0.25) is 5.56 Å². The quantitative estimate of drug-likeness (QED) is 0.650. The zero-order valence-electron chi connectivity index (χ0n) is 10.5. The van der Waals surface area contributed by atoms with Crippen LogP contribution in [0.5, 0.6) is 0 Å². The number of pyridine rings is 1. The number of anilines is 1. The van der Waals surface area contributed by atoms with Crippen LogP contribution in [0.3, 0.4) is 0 Å². The molecular weight excluding hydrogens is 276 g/mol. The second-order valence-electron chi connectivity index (χ2n) is 3.99. The number of nitrogens with zero attached hydrogens (tertiary/aromatic N) is 2. The summed E-state index contributed by atoms with van der Waals surface area (Å²) in [6.07, 6.45) is 1.32. The standard InChI is InChI=1S/C13H8N4O4/c14-7-9-5-10(17(20)21)1-2-11(9)16-13(19)8-3-4-15-12(18)6-8/h1-6H,(H,15,18)(H,16,19). The topological polar surface area (TPSA) is 129 Å². The number of hydrogen-bond acceptors (Lipinski definition) is 5. The first-order valence-electron chi connectivity index (χ1n) is 5.70. The lowest BCUT2D eigenvalue weighted by molar-refractivity contribution is -0.384. The summed E-state index contributed by atoms with van der Waals surface area (Å²) in [5.74, 6) is -0.591. The number of non-ortho nitro benzene ring substituents is 1. The molecule has 0 aliphatic carbocycles. The number of rotatable bonds is 3. The third-order valence-electron chi connectivity index (χ3n) is 2.62. The molecule has 0 fully saturated rings. The molecule has 0 aliphatic heterocycles. The number of aromatic amines is 1. The van der Waals surface area contributed by atoms with E-state index in [0.717, 1.165) is 12.1 Å². The predicted octanol–water partition coefficient (Wildman–Crippen LogP) is 1.41. The lowest BCUT2D eigenvalue weighted by Gasteiger charge is -2.06. The zero-order chi connectivity index (χ0) is 15.4. The van der Waals surface area contributed by atoms with Gasteiger partial charge in [-0.2, -0.15) is 5.26 Å². The third kappa shape index (κ3) is 3.10. The van der Waals surface area contributed by atoms with Crippen molar-refractivity contribution in [2.45, 2.75) is 0 Å². The Bertz CT molecular complexity index is 819. The highest BCUT2D eigenvalue weighted by molar-refractivity contribution is 6.04. The van der Waals surface area contributed by atoms with E-state index in [9.17, 15) is 19.7 Å². The number of hydrogen-bond donors (Lipinski definition) is 2. The Kier molecular flexibility index (Phi) is 3.76. The minimum Gasteiger partial charge on any atom is -0.329 e. The van der Waals surface area contributed by atoms with Gasteiger partial charge in [-0.3, -0.25) is 19.7 Å². The van der Waals surface area contributed by atoms with Crippen molar-refractivity contribution in [1.82, 2.24) is 4.98 Å². The molecule has 1 aromatic heterocycles. The van der Waals surface area contributed by atoms with Crippen LogP contribution >= 0.6 is 0 Å². The van der Waals surface area contributed by atoms with Crippen LogP contribution in [-0.2, 0) is 0 Å². The number of carbonyl (C=O) groups excluding carboxylic acids is 1. The summed E-state index contributed by atoms with van der Waals surface area (Å²) in [5, 5.41) is 22.0. The van der Waals surface area contributed by atoms with Crippen molar-refractivity contribution in [3.8, 4) is 6.07 Å². The molecule has 2 rings (SSSR count). The fourth-order valence-corrected chi connectivity index (χ4v) is 1.63. The highest BCUT2D eigenvalue weighted by atomic mass is 16.6. The number of nitro benzene ring substituents is 1.